The first kappa shape index (κ1) is 15.5. The Kier molecular flexibility index (Phi) is 4.93. The van der Waals surface area contributed by atoms with Gasteiger partial charge in [-0.15, -0.1) is 0 Å². The molecule has 1 aromatic carbocycles. The molecule has 0 aliphatic carbocycles. The first-order valence-electron chi connectivity index (χ1n) is 6.98. The lowest BCUT2D eigenvalue weighted by atomic mass is 9.90. The minimum atomic E-state index is -0.917. The van der Waals surface area contributed by atoms with E-state index in [1.807, 2.05) is 18.2 Å². The molecule has 6 heteroatoms. The summed E-state index contributed by atoms with van der Waals surface area (Å²) in [5, 5.41) is 2.74. The Morgan fingerprint density at radius 3 is 2.52 bits per heavy atom. The Morgan fingerprint density at radius 2 is 1.90 bits per heavy atom. The van der Waals surface area contributed by atoms with Crippen LogP contribution in [0, 0.1) is 0 Å². The van der Waals surface area contributed by atoms with E-state index >= 15 is 0 Å². The van der Waals surface area contributed by atoms with Crippen LogP contribution < -0.4 is 11.1 Å². The third-order valence-corrected chi connectivity index (χ3v) is 3.60. The van der Waals surface area contributed by atoms with Crippen molar-refractivity contribution in [3.63, 3.8) is 0 Å². The predicted molar refractivity (Wildman–Crippen MR) is 79.7 cm³/mol. The number of amides is 2. The maximum absolute atomic E-state index is 12.4. The van der Waals surface area contributed by atoms with Crippen LogP contribution in [0.3, 0.4) is 0 Å². The second kappa shape index (κ2) is 6.69. The predicted octanol–water partition coefficient (Wildman–Crippen LogP) is 0.591. The molecule has 1 aliphatic rings. The molecule has 0 atom stereocenters. The van der Waals surface area contributed by atoms with Crippen LogP contribution in [0.1, 0.15) is 12.8 Å². The number of hydrogen-bond acceptors (Lipinski definition) is 4. The van der Waals surface area contributed by atoms with Crippen molar-refractivity contribution >= 4 is 17.5 Å². The molecule has 1 saturated heterocycles. The SMILES string of the molecule is CN(CC(=O)Nc1ccccc1)C(=O)C1(N)CCOCC1. The van der Waals surface area contributed by atoms with E-state index in [1.54, 1.807) is 19.2 Å². The summed E-state index contributed by atoms with van der Waals surface area (Å²) in [7, 11) is 1.59. The van der Waals surface area contributed by atoms with Crippen LogP contribution >= 0.6 is 0 Å². The highest BCUT2D eigenvalue weighted by Crippen LogP contribution is 2.20. The van der Waals surface area contributed by atoms with Crippen LogP contribution in [0.4, 0.5) is 5.69 Å². The van der Waals surface area contributed by atoms with Gasteiger partial charge in [-0.05, 0) is 25.0 Å². The molecule has 0 spiro atoms. The summed E-state index contributed by atoms with van der Waals surface area (Å²) in [6, 6.07) is 9.13. The van der Waals surface area contributed by atoms with Crippen molar-refractivity contribution in [1.29, 1.82) is 0 Å². The number of rotatable bonds is 4. The van der Waals surface area contributed by atoms with Crippen molar-refractivity contribution in [2.24, 2.45) is 5.73 Å². The molecule has 1 heterocycles. The van der Waals surface area contributed by atoms with E-state index in [-0.39, 0.29) is 18.4 Å². The van der Waals surface area contributed by atoms with Crippen molar-refractivity contribution in [3.05, 3.63) is 30.3 Å². The van der Waals surface area contributed by atoms with Crippen LogP contribution in [0.5, 0.6) is 0 Å². The van der Waals surface area contributed by atoms with Crippen molar-refractivity contribution in [3.8, 4) is 0 Å². The summed E-state index contributed by atoms with van der Waals surface area (Å²) in [6.07, 6.45) is 0.965. The normalized spacial score (nSPS) is 17.0. The lowest BCUT2D eigenvalue weighted by molar-refractivity contribution is -0.141. The number of para-hydroxylation sites is 1. The Hall–Kier alpha value is -1.92. The first-order chi connectivity index (χ1) is 10.0. The van der Waals surface area contributed by atoms with E-state index in [2.05, 4.69) is 5.32 Å². The number of carbonyl (C=O) groups is 2. The second-order valence-corrected chi connectivity index (χ2v) is 5.34. The zero-order valence-electron chi connectivity index (χ0n) is 12.2. The quantitative estimate of drug-likeness (QED) is 0.850. The van der Waals surface area contributed by atoms with Gasteiger partial charge in [-0.2, -0.15) is 0 Å². The van der Waals surface area contributed by atoms with E-state index in [0.717, 1.165) is 0 Å². The summed E-state index contributed by atoms with van der Waals surface area (Å²) in [5.41, 5.74) is 5.92. The van der Waals surface area contributed by atoms with Gasteiger partial charge in [-0.25, -0.2) is 0 Å². The standard InChI is InChI=1S/C15H21N3O3/c1-18(14(20)15(16)7-9-21-10-8-15)11-13(19)17-12-5-3-2-4-6-12/h2-6H,7-11,16H2,1H3,(H,17,19). The van der Waals surface area contributed by atoms with Gasteiger partial charge in [0, 0.05) is 25.9 Å². The molecule has 0 radical (unpaired) electrons. The highest BCUT2D eigenvalue weighted by atomic mass is 16.5. The molecule has 0 saturated carbocycles. The molecule has 1 aromatic rings. The highest BCUT2D eigenvalue weighted by Gasteiger charge is 2.38. The molecule has 0 bridgehead atoms. The summed E-state index contributed by atoms with van der Waals surface area (Å²) in [6.45, 7) is 0.937. The lowest BCUT2D eigenvalue weighted by Crippen LogP contribution is -2.58. The molecule has 2 amide bonds. The third-order valence-electron chi connectivity index (χ3n) is 3.60. The summed E-state index contributed by atoms with van der Waals surface area (Å²) < 4.78 is 5.22. The number of nitrogens with two attached hydrogens (primary N) is 1. The van der Waals surface area contributed by atoms with Gasteiger partial charge < -0.3 is 20.7 Å². The Labute approximate surface area is 124 Å². The number of anilines is 1. The van der Waals surface area contributed by atoms with Gasteiger partial charge in [0.05, 0.1) is 12.1 Å². The molecule has 21 heavy (non-hydrogen) atoms. The number of carbonyl (C=O) groups excluding carboxylic acids is 2. The monoisotopic (exact) mass is 291 g/mol. The van der Waals surface area contributed by atoms with Crippen molar-refractivity contribution in [1.82, 2.24) is 4.90 Å². The summed E-state index contributed by atoms with van der Waals surface area (Å²) in [5.74, 6) is -0.457. The number of benzene rings is 1. The molecular formula is C15H21N3O3. The van der Waals surface area contributed by atoms with E-state index in [4.69, 9.17) is 10.5 Å². The fraction of sp³-hybridized carbons (Fsp3) is 0.467. The van der Waals surface area contributed by atoms with E-state index in [0.29, 0.717) is 31.7 Å². The molecule has 1 aliphatic heterocycles. The van der Waals surface area contributed by atoms with E-state index < -0.39 is 5.54 Å². The minimum Gasteiger partial charge on any atom is -0.381 e. The Bertz CT molecular complexity index is 498. The second-order valence-electron chi connectivity index (χ2n) is 5.34. The topological polar surface area (TPSA) is 84.7 Å². The maximum atomic E-state index is 12.4. The average molecular weight is 291 g/mol. The largest absolute Gasteiger partial charge is 0.381 e. The number of hydrogen-bond donors (Lipinski definition) is 2. The lowest BCUT2D eigenvalue weighted by Gasteiger charge is -2.35. The van der Waals surface area contributed by atoms with Gasteiger partial charge >= 0.3 is 0 Å². The van der Waals surface area contributed by atoms with E-state index in [1.165, 1.54) is 4.90 Å². The Balaban J connectivity index is 1.89. The fourth-order valence-electron chi connectivity index (χ4n) is 2.34. The van der Waals surface area contributed by atoms with Gasteiger partial charge in [0.15, 0.2) is 0 Å². The van der Waals surface area contributed by atoms with Gasteiger partial charge in [-0.1, -0.05) is 18.2 Å². The molecule has 2 rings (SSSR count). The highest BCUT2D eigenvalue weighted by molar-refractivity contribution is 5.96. The molecule has 114 valence electrons. The maximum Gasteiger partial charge on any atom is 0.243 e. The molecular weight excluding hydrogens is 270 g/mol. The van der Waals surface area contributed by atoms with Crippen LogP contribution in [0.25, 0.3) is 0 Å². The number of ether oxygens (including phenoxy) is 1. The third kappa shape index (κ3) is 4.03. The van der Waals surface area contributed by atoms with Crippen LogP contribution in [0.15, 0.2) is 30.3 Å². The van der Waals surface area contributed by atoms with Crippen LogP contribution in [-0.4, -0.2) is 49.1 Å². The smallest absolute Gasteiger partial charge is 0.243 e. The number of nitrogens with one attached hydrogen (secondary N) is 1. The zero-order chi connectivity index (χ0) is 15.3. The van der Waals surface area contributed by atoms with Gasteiger partial charge in [-0.3, -0.25) is 9.59 Å². The first-order valence-corrected chi connectivity index (χ1v) is 6.98. The van der Waals surface area contributed by atoms with Crippen molar-refractivity contribution in [2.75, 3.05) is 32.1 Å². The minimum absolute atomic E-state index is 0.0203. The Morgan fingerprint density at radius 1 is 1.29 bits per heavy atom. The molecule has 1 fully saturated rings. The zero-order valence-corrected chi connectivity index (χ0v) is 12.2. The van der Waals surface area contributed by atoms with Gasteiger partial charge in [0.2, 0.25) is 11.8 Å². The molecule has 0 aromatic heterocycles. The van der Waals surface area contributed by atoms with Crippen molar-refractivity contribution < 1.29 is 14.3 Å². The number of nitrogens with zero attached hydrogens (tertiary/aromatic N) is 1. The van der Waals surface area contributed by atoms with Crippen LogP contribution in [-0.2, 0) is 14.3 Å². The number of likely N-dealkylation sites (N-methyl/N-ethyl adjacent to an activating group) is 1. The average Bonchev–Trinajstić information content (AvgIpc) is 2.48. The summed E-state index contributed by atoms with van der Waals surface area (Å²) >= 11 is 0. The molecule has 0 unspecified atom stereocenters. The van der Waals surface area contributed by atoms with E-state index in [9.17, 15) is 9.59 Å². The van der Waals surface area contributed by atoms with Gasteiger partial charge in [0.25, 0.3) is 0 Å². The summed E-state index contributed by atoms with van der Waals surface area (Å²) in [4.78, 5) is 25.7. The molecule has 3 N–H and O–H groups in total. The molecule has 6 nitrogen and oxygen atoms in total. The van der Waals surface area contributed by atoms with Crippen LogP contribution in [0.2, 0.25) is 0 Å². The fourth-order valence-corrected chi connectivity index (χ4v) is 2.34. The van der Waals surface area contributed by atoms with Gasteiger partial charge in [0.1, 0.15) is 0 Å². The van der Waals surface area contributed by atoms with Crippen molar-refractivity contribution in [2.45, 2.75) is 18.4 Å².